The fourth-order valence-electron chi connectivity index (χ4n) is 1.63. The summed E-state index contributed by atoms with van der Waals surface area (Å²) in [6.45, 7) is 1.46. The van der Waals surface area contributed by atoms with Crippen LogP contribution < -0.4 is 5.32 Å². The number of nitrogens with one attached hydrogen (secondary N) is 1. The Morgan fingerprint density at radius 2 is 2.00 bits per heavy atom. The number of hydrogen-bond acceptors (Lipinski definition) is 4. The number of anilines is 1. The van der Waals surface area contributed by atoms with Gasteiger partial charge in [0.25, 0.3) is 5.91 Å². The van der Waals surface area contributed by atoms with Gasteiger partial charge in [-0.2, -0.15) is 0 Å². The predicted molar refractivity (Wildman–Crippen MR) is 91.9 cm³/mol. The zero-order valence-electron chi connectivity index (χ0n) is 11.8. The molecule has 0 bridgehead atoms. The van der Waals surface area contributed by atoms with Gasteiger partial charge in [0.1, 0.15) is 0 Å². The number of hydrogen-bond donors (Lipinski definition) is 1. The van der Waals surface area contributed by atoms with Crippen molar-refractivity contribution in [1.82, 2.24) is 4.98 Å². The highest BCUT2D eigenvalue weighted by molar-refractivity contribution is 9.10. The minimum absolute atomic E-state index is 0.239. The van der Waals surface area contributed by atoms with Crippen molar-refractivity contribution < 1.29 is 14.3 Å². The number of halogens is 3. The molecule has 120 valence electrons. The Bertz CT molecular complexity index is 755. The summed E-state index contributed by atoms with van der Waals surface area (Å²) in [5, 5.41) is 3.32. The van der Waals surface area contributed by atoms with Gasteiger partial charge in [-0.1, -0.05) is 23.2 Å². The van der Waals surface area contributed by atoms with Gasteiger partial charge >= 0.3 is 5.97 Å². The number of carbonyl (C=O) groups excluding carboxylic acids is 2. The molecular formula is C15H11BrCl2N2O3. The van der Waals surface area contributed by atoms with Gasteiger partial charge in [-0.05, 0) is 47.1 Å². The molecule has 1 aromatic heterocycles. The first-order chi connectivity index (χ1) is 10.9. The van der Waals surface area contributed by atoms with Crippen LogP contribution in [0.2, 0.25) is 10.0 Å². The zero-order chi connectivity index (χ0) is 17.0. The van der Waals surface area contributed by atoms with Crippen LogP contribution in [0.3, 0.4) is 0 Å². The van der Waals surface area contributed by atoms with E-state index in [0.717, 1.165) is 0 Å². The molecule has 1 unspecified atom stereocenters. The van der Waals surface area contributed by atoms with Gasteiger partial charge in [-0.25, -0.2) is 4.79 Å². The topological polar surface area (TPSA) is 68.3 Å². The molecule has 2 rings (SSSR count). The molecular weight excluding hydrogens is 407 g/mol. The number of nitrogens with zero attached hydrogens (tertiary/aromatic N) is 1. The molecule has 8 heteroatoms. The van der Waals surface area contributed by atoms with Crippen molar-refractivity contribution in [2.24, 2.45) is 0 Å². The summed E-state index contributed by atoms with van der Waals surface area (Å²) in [5.41, 5.74) is 0.622. The molecule has 1 heterocycles. The van der Waals surface area contributed by atoms with Crippen LogP contribution in [0, 0.1) is 0 Å². The molecule has 0 radical (unpaired) electrons. The van der Waals surface area contributed by atoms with E-state index >= 15 is 0 Å². The lowest BCUT2D eigenvalue weighted by Crippen LogP contribution is -2.30. The highest BCUT2D eigenvalue weighted by Gasteiger charge is 2.20. The third-order valence-electron chi connectivity index (χ3n) is 2.78. The summed E-state index contributed by atoms with van der Waals surface area (Å²) < 4.78 is 5.74. The maximum Gasteiger partial charge on any atom is 0.340 e. The van der Waals surface area contributed by atoms with Crippen LogP contribution in [-0.4, -0.2) is 23.0 Å². The Labute approximate surface area is 151 Å². The van der Waals surface area contributed by atoms with Crippen LogP contribution in [0.15, 0.2) is 41.1 Å². The van der Waals surface area contributed by atoms with Gasteiger partial charge in [0.15, 0.2) is 6.10 Å². The van der Waals surface area contributed by atoms with Crippen LogP contribution in [-0.2, 0) is 9.53 Å². The molecule has 0 fully saturated rings. The van der Waals surface area contributed by atoms with E-state index in [-0.39, 0.29) is 5.56 Å². The molecule has 0 saturated heterocycles. The molecule has 0 aliphatic rings. The van der Waals surface area contributed by atoms with Crippen LogP contribution in [0.4, 0.5) is 5.69 Å². The molecule has 23 heavy (non-hydrogen) atoms. The highest BCUT2D eigenvalue weighted by atomic mass is 79.9. The van der Waals surface area contributed by atoms with E-state index in [9.17, 15) is 9.59 Å². The Morgan fingerprint density at radius 1 is 1.26 bits per heavy atom. The van der Waals surface area contributed by atoms with Crippen molar-refractivity contribution in [2.75, 3.05) is 5.32 Å². The molecule has 0 saturated carbocycles. The van der Waals surface area contributed by atoms with E-state index in [1.807, 2.05) is 0 Å². The molecule has 0 spiro atoms. The van der Waals surface area contributed by atoms with Crippen LogP contribution in [0.1, 0.15) is 17.3 Å². The maximum absolute atomic E-state index is 12.1. The van der Waals surface area contributed by atoms with E-state index in [0.29, 0.717) is 20.2 Å². The lowest BCUT2D eigenvalue weighted by atomic mass is 10.2. The Kier molecular flexibility index (Phi) is 5.98. The number of rotatable bonds is 4. The van der Waals surface area contributed by atoms with Crippen molar-refractivity contribution in [2.45, 2.75) is 13.0 Å². The number of pyridine rings is 1. The molecule has 0 aliphatic heterocycles. The van der Waals surface area contributed by atoms with Gasteiger partial charge in [0.2, 0.25) is 0 Å². The van der Waals surface area contributed by atoms with Crippen molar-refractivity contribution in [3.05, 3.63) is 56.7 Å². The van der Waals surface area contributed by atoms with Gasteiger partial charge in [-0.15, -0.1) is 0 Å². The van der Waals surface area contributed by atoms with E-state index in [4.69, 9.17) is 27.9 Å². The molecule has 0 aliphatic carbocycles. The van der Waals surface area contributed by atoms with Crippen molar-refractivity contribution in [3.63, 3.8) is 0 Å². The second kappa shape index (κ2) is 7.77. The number of amides is 1. The number of benzene rings is 1. The monoisotopic (exact) mass is 416 g/mol. The van der Waals surface area contributed by atoms with Gasteiger partial charge in [-0.3, -0.25) is 9.78 Å². The molecule has 2 aromatic rings. The lowest BCUT2D eigenvalue weighted by Gasteiger charge is -2.14. The Hall–Kier alpha value is -1.63. The molecule has 1 atom stereocenters. The van der Waals surface area contributed by atoms with E-state index in [1.165, 1.54) is 25.4 Å². The number of ether oxygens (including phenoxy) is 1. The largest absolute Gasteiger partial charge is 0.449 e. The van der Waals surface area contributed by atoms with E-state index < -0.39 is 18.0 Å². The predicted octanol–water partition coefficient (Wildman–Crippen LogP) is 4.33. The van der Waals surface area contributed by atoms with Crippen LogP contribution in [0.5, 0.6) is 0 Å². The summed E-state index contributed by atoms with van der Waals surface area (Å²) in [5.74, 6) is -1.16. The van der Waals surface area contributed by atoms with Gasteiger partial charge in [0, 0.05) is 21.9 Å². The quantitative estimate of drug-likeness (QED) is 0.751. The Balaban J connectivity index is 2.01. The minimum atomic E-state index is -1.01. The molecule has 5 nitrogen and oxygen atoms in total. The summed E-state index contributed by atoms with van der Waals surface area (Å²) in [7, 11) is 0. The van der Waals surface area contributed by atoms with E-state index in [1.54, 1.807) is 18.2 Å². The summed E-state index contributed by atoms with van der Waals surface area (Å²) in [6.07, 6.45) is 1.89. The van der Waals surface area contributed by atoms with Crippen LogP contribution in [0.25, 0.3) is 0 Å². The normalized spacial score (nSPS) is 11.7. The summed E-state index contributed by atoms with van der Waals surface area (Å²) >= 11 is 15.0. The second-order valence-corrected chi connectivity index (χ2v) is 6.31. The maximum atomic E-state index is 12.1. The summed E-state index contributed by atoms with van der Waals surface area (Å²) in [4.78, 5) is 27.9. The van der Waals surface area contributed by atoms with Gasteiger partial charge in [0.05, 0.1) is 16.3 Å². The second-order valence-electron chi connectivity index (χ2n) is 4.55. The zero-order valence-corrected chi connectivity index (χ0v) is 14.9. The lowest BCUT2D eigenvalue weighted by molar-refractivity contribution is -0.123. The first-order valence-electron chi connectivity index (χ1n) is 6.44. The number of aromatic nitrogens is 1. The number of esters is 1. The van der Waals surface area contributed by atoms with Crippen molar-refractivity contribution in [3.8, 4) is 0 Å². The Morgan fingerprint density at radius 3 is 2.65 bits per heavy atom. The molecule has 1 aromatic carbocycles. The smallest absolute Gasteiger partial charge is 0.340 e. The fourth-order valence-corrected chi connectivity index (χ4v) is 2.45. The standard InChI is InChI=1S/C15H11BrCl2N2O3/c1-8(23-15(22)9-4-10(16)7-19-6-9)14(21)20-13-3-2-11(17)5-12(13)18/h2-8H,1H3,(H,20,21). The third kappa shape index (κ3) is 4.92. The fraction of sp³-hybridized carbons (Fsp3) is 0.133. The molecule has 1 amide bonds. The third-order valence-corrected chi connectivity index (χ3v) is 3.76. The average molecular weight is 418 g/mol. The van der Waals surface area contributed by atoms with Crippen LogP contribution >= 0.6 is 39.1 Å². The first-order valence-corrected chi connectivity index (χ1v) is 7.99. The molecule has 1 N–H and O–H groups in total. The van der Waals surface area contributed by atoms with Crippen molar-refractivity contribution >= 4 is 56.7 Å². The van der Waals surface area contributed by atoms with E-state index in [2.05, 4.69) is 26.2 Å². The average Bonchev–Trinajstić information content (AvgIpc) is 2.49. The highest BCUT2D eigenvalue weighted by Crippen LogP contribution is 2.25. The number of carbonyl (C=O) groups is 2. The van der Waals surface area contributed by atoms with Gasteiger partial charge < -0.3 is 10.1 Å². The first kappa shape index (κ1) is 17.7. The minimum Gasteiger partial charge on any atom is -0.449 e. The SMILES string of the molecule is CC(OC(=O)c1cncc(Br)c1)C(=O)Nc1ccc(Cl)cc1Cl. The summed E-state index contributed by atoms with van der Waals surface area (Å²) in [6, 6.07) is 6.21. The van der Waals surface area contributed by atoms with Crippen molar-refractivity contribution in [1.29, 1.82) is 0 Å².